The van der Waals surface area contributed by atoms with Crippen LogP contribution in [-0.2, 0) is 9.53 Å². The minimum atomic E-state index is -0.124. The zero-order valence-electron chi connectivity index (χ0n) is 8.16. The molecule has 0 aliphatic carbocycles. The van der Waals surface area contributed by atoms with Crippen LogP contribution in [0.4, 0.5) is 5.69 Å². The number of hydrogen-bond acceptors (Lipinski definition) is 2. The van der Waals surface area contributed by atoms with E-state index in [1.54, 1.807) is 19.2 Å². The molecule has 4 heteroatoms. The fraction of sp³-hybridized carbons (Fsp3) is 0.300. The summed E-state index contributed by atoms with van der Waals surface area (Å²) >= 11 is 5.93. The molecule has 1 aromatic carbocycles. The Hall–Kier alpha value is -1.06. The van der Waals surface area contributed by atoms with Gasteiger partial charge in [-0.2, -0.15) is 0 Å². The summed E-state index contributed by atoms with van der Waals surface area (Å²) < 4.78 is 4.75. The molecule has 0 N–H and O–H groups in total. The monoisotopic (exact) mass is 213 g/mol. The maximum atomic E-state index is 11.4. The summed E-state index contributed by atoms with van der Waals surface area (Å²) in [5, 5.41) is 0.555. The molecule has 0 saturated carbocycles. The highest BCUT2D eigenvalue weighted by Crippen LogP contribution is 2.23. The maximum absolute atomic E-state index is 11.4. The van der Waals surface area contributed by atoms with E-state index < -0.39 is 0 Å². The number of halogens is 1. The topological polar surface area (TPSA) is 29.5 Å². The average molecular weight is 214 g/mol. The minimum Gasteiger partial charge on any atom is -0.375 e. The fourth-order valence-corrected chi connectivity index (χ4v) is 1.34. The lowest BCUT2D eigenvalue weighted by molar-refractivity contribution is -0.121. The normalized spacial score (nSPS) is 9.93. The Morgan fingerprint density at radius 2 is 2.14 bits per heavy atom. The third-order valence-corrected chi connectivity index (χ3v) is 2.18. The molecule has 0 unspecified atom stereocenters. The number of anilines is 1. The Morgan fingerprint density at radius 3 is 2.71 bits per heavy atom. The van der Waals surface area contributed by atoms with E-state index in [9.17, 15) is 4.79 Å². The summed E-state index contributed by atoms with van der Waals surface area (Å²) in [6.07, 6.45) is 0. The summed E-state index contributed by atoms with van der Waals surface area (Å²) in [6, 6.07) is 7.18. The molecule has 0 aliphatic heterocycles. The second-order valence-corrected chi connectivity index (χ2v) is 3.24. The van der Waals surface area contributed by atoms with Crippen LogP contribution in [0.2, 0.25) is 5.02 Å². The first-order valence-electron chi connectivity index (χ1n) is 4.17. The number of para-hydroxylation sites is 1. The van der Waals surface area contributed by atoms with Gasteiger partial charge in [-0.15, -0.1) is 0 Å². The van der Waals surface area contributed by atoms with E-state index in [1.807, 2.05) is 12.1 Å². The van der Waals surface area contributed by atoms with Gasteiger partial charge in [0, 0.05) is 14.2 Å². The van der Waals surface area contributed by atoms with Gasteiger partial charge in [0.25, 0.3) is 5.91 Å². The third-order valence-electron chi connectivity index (χ3n) is 1.86. The third kappa shape index (κ3) is 2.47. The van der Waals surface area contributed by atoms with E-state index in [2.05, 4.69) is 0 Å². The van der Waals surface area contributed by atoms with Crippen LogP contribution >= 0.6 is 11.6 Å². The number of nitrogens with zero attached hydrogens (tertiary/aromatic N) is 1. The number of rotatable bonds is 3. The maximum Gasteiger partial charge on any atom is 0.252 e. The molecule has 14 heavy (non-hydrogen) atoms. The molecule has 0 saturated heterocycles. The van der Waals surface area contributed by atoms with Crippen LogP contribution in [0.1, 0.15) is 0 Å². The van der Waals surface area contributed by atoms with Crippen molar-refractivity contribution in [3.05, 3.63) is 29.3 Å². The lowest BCUT2D eigenvalue weighted by Crippen LogP contribution is -2.29. The van der Waals surface area contributed by atoms with Crippen LogP contribution in [0.15, 0.2) is 24.3 Å². The molecule has 1 rings (SSSR count). The van der Waals surface area contributed by atoms with Gasteiger partial charge in [0.05, 0.1) is 10.7 Å². The van der Waals surface area contributed by atoms with E-state index in [-0.39, 0.29) is 12.5 Å². The Balaban J connectivity index is 2.84. The number of amides is 1. The summed E-state index contributed by atoms with van der Waals surface area (Å²) in [4.78, 5) is 12.9. The van der Waals surface area contributed by atoms with Crippen LogP contribution < -0.4 is 4.90 Å². The number of ether oxygens (including phenoxy) is 1. The van der Waals surface area contributed by atoms with E-state index in [1.165, 1.54) is 12.0 Å². The van der Waals surface area contributed by atoms with Gasteiger partial charge in [0.1, 0.15) is 6.61 Å². The van der Waals surface area contributed by atoms with E-state index >= 15 is 0 Å². The van der Waals surface area contributed by atoms with Crippen molar-refractivity contribution < 1.29 is 9.53 Å². The van der Waals surface area contributed by atoms with E-state index in [0.717, 1.165) is 0 Å². The number of benzene rings is 1. The quantitative estimate of drug-likeness (QED) is 0.768. The van der Waals surface area contributed by atoms with Gasteiger partial charge in [-0.3, -0.25) is 4.79 Å². The SMILES string of the molecule is COCC(=O)N(C)c1ccccc1Cl. The van der Waals surface area contributed by atoms with Gasteiger partial charge in [-0.1, -0.05) is 23.7 Å². The van der Waals surface area contributed by atoms with Crippen LogP contribution in [0.25, 0.3) is 0 Å². The molecule has 0 aliphatic rings. The first kappa shape index (κ1) is 11.0. The Bertz CT molecular complexity index is 328. The van der Waals surface area contributed by atoms with Crippen LogP contribution in [-0.4, -0.2) is 26.7 Å². The number of methoxy groups -OCH3 is 1. The Morgan fingerprint density at radius 1 is 1.50 bits per heavy atom. The molecule has 0 bridgehead atoms. The highest BCUT2D eigenvalue weighted by Gasteiger charge is 2.12. The van der Waals surface area contributed by atoms with Crippen molar-refractivity contribution in [1.82, 2.24) is 0 Å². The first-order chi connectivity index (χ1) is 6.66. The minimum absolute atomic E-state index is 0.0573. The van der Waals surface area contributed by atoms with Crippen molar-refractivity contribution in [2.45, 2.75) is 0 Å². The van der Waals surface area contributed by atoms with Crippen LogP contribution in [0.3, 0.4) is 0 Å². The Kier molecular flexibility index (Phi) is 3.92. The predicted molar refractivity (Wildman–Crippen MR) is 56.7 cm³/mol. The average Bonchev–Trinajstić information content (AvgIpc) is 2.18. The molecule has 3 nitrogen and oxygen atoms in total. The molecular weight excluding hydrogens is 202 g/mol. The van der Waals surface area contributed by atoms with Crippen molar-refractivity contribution in [2.75, 3.05) is 25.7 Å². The lowest BCUT2D eigenvalue weighted by Gasteiger charge is -2.17. The van der Waals surface area contributed by atoms with E-state index in [4.69, 9.17) is 16.3 Å². The molecule has 76 valence electrons. The molecule has 0 spiro atoms. The lowest BCUT2D eigenvalue weighted by atomic mass is 10.3. The van der Waals surface area contributed by atoms with Gasteiger partial charge in [-0.25, -0.2) is 0 Å². The fourth-order valence-electron chi connectivity index (χ4n) is 1.08. The molecular formula is C10H12ClNO2. The van der Waals surface area contributed by atoms with Gasteiger partial charge >= 0.3 is 0 Å². The number of likely N-dealkylation sites (N-methyl/N-ethyl adjacent to an activating group) is 1. The van der Waals surface area contributed by atoms with Crippen molar-refractivity contribution in [1.29, 1.82) is 0 Å². The predicted octanol–water partition coefficient (Wildman–Crippen LogP) is 1.95. The Labute approximate surface area is 88.2 Å². The van der Waals surface area contributed by atoms with Gasteiger partial charge in [0.15, 0.2) is 0 Å². The van der Waals surface area contributed by atoms with Gasteiger partial charge in [0.2, 0.25) is 0 Å². The van der Waals surface area contributed by atoms with Crippen molar-refractivity contribution in [3.8, 4) is 0 Å². The van der Waals surface area contributed by atoms with Gasteiger partial charge in [-0.05, 0) is 12.1 Å². The smallest absolute Gasteiger partial charge is 0.252 e. The molecule has 1 aromatic rings. The van der Waals surface area contributed by atoms with Crippen LogP contribution in [0.5, 0.6) is 0 Å². The summed E-state index contributed by atoms with van der Waals surface area (Å²) in [6.45, 7) is 0.0573. The van der Waals surface area contributed by atoms with E-state index in [0.29, 0.717) is 10.7 Å². The molecule has 0 heterocycles. The van der Waals surface area contributed by atoms with Crippen molar-refractivity contribution >= 4 is 23.2 Å². The second kappa shape index (κ2) is 4.98. The van der Waals surface area contributed by atoms with Gasteiger partial charge < -0.3 is 9.64 Å². The summed E-state index contributed by atoms with van der Waals surface area (Å²) in [5.41, 5.74) is 0.691. The van der Waals surface area contributed by atoms with Crippen molar-refractivity contribution in [3.63, 3.8) is 0 Å². The summed E-state index contributed by atoms with van der Waals surface area (Å²) in [5.74, 6) is -0.124. The van der Waals surface area contributed by atoms with Crippen molar-refractivity contribution in [2.24, 2.45) is 0 Å². The number of hydrogen-bond donors (Lipinski definition) is 0. The number of carbonyl (C=O) groups excluding carboxylic acids is 1. The highest BCUT2D eigenvalue weighted by molar-refractivity contribution is 6.33. The molecule has 0 radical (unpaired) electrons. The molecule has 0 fully saturated rings. The molecule has 0 atom stereocenters. The second-order valence-electron chi connectivity index (χ2n) is 2.84. The highest BCUT2D eigenvalue weighted by atomic mass is 35.5. The first-order valence-corrected chi connectivity index (χ1v) is 4.54. The summed E-state index contributed by atoms with van der Waals surface area (Å²) in [7, 11) is 3.15. The zero-order chi connectivity index (χ0) is 10.6. The number of carbonyl (C=O) groups is 1. The molecule has 0 aromatic heterocycles. The zero-order valence-corrected chi connectivity index (χ0v) is 8.91. The largest absolute Gasteiger partial charge is 0.375 e. The van der Waals surface area contributed by atoms with Crippen LogP contribution in [0, 0.1) is 0 Å². The standard InChI is InChI=1S/C10H12ClNO2/c1-12(10(13)7-14-2)9-6-4-3-5-8(9)11/h3-6H,7H2,1-2H3. The molecule has 1 amide bonds.